The van der Waals surface area contributed by atoms with E-state index in [0.717, 1.165) is 32.0 Å². The van der Waals surface area contributed by atoms with Crippen molar-refractivity contribution in [3.63, 3.8) is 0 Å². The van der Waals surface area contributed by atoms with Crippen molar-refractivity contribution in [2.75, 3.05) is 39.0 Å². The minimum atomic E-state index is -0.839. The van der Waals surface area contributed by atoms with Crippen LogP contribution in [0.5, 0.6) is 0 Å². The third-order valence-electron chi connectivity index (χ3n) is 3.74. The Morgan fingerprint density at radius 3 is 2.52 bits per heavy atom. The molecule has 1 fully saturated rings. The topological polar surface area (TPSA) is 35.6 Å². The van der Waals surface area contributed by atoms with E-state index in [2.05, 4.69) is 10.2 Å². The molecule has 0 spiro atoms. The fourth-order valence-corrected chi connectivity index (χ4v) is 2.39. The lowest BCUT2D eigenvalue weighted by atomic mass is 10.0. The molecular weight excluding hydrogens is 276 g/mol. The maximum atomic E-state index is 13.1. The van der Waals surface area contributed by atoms with Gasteiger partial charge in [0.15, 0.2) is 11.6 Å². The molecular formula is C15H21F2N3O. The average Bonchev–Trinajstić information content (AvgIpc) is 2.45. The Kier molecular flexibility index (Phi) is 5.12. The fourth-order valence-electron chi connectivity index (χ4n) is 2.39. The molecule has 1 aromatic carbocycles. The zero-order valence-electron chi connectivity index (χ0n) is 12.4. The van der Waals surface area contributed by atoms with Gasteiger partial charge in [0.1, 0.15) is 0 Å². The van der Waals surface area contributed by atoms with E-state index in [1.54, 1.807) is 25.1 Å². The lowest BCUT2D eigenvalue weighted by molar-refractivity contribution is -0.130. The molecule has 0 bridgehead atoms. The highest BCUT2D eigenvalue weighted by atomic mass is 19.2. The van der Waals surface area contributed by atoms with Crippen LogP contribution in [0.15, 0.2) is 18.2 Å². The van der Waals surface area contributed by atoms with Crippen LogP contribution in [0.2, 0.25) is 0 Å². The summed E-state index contributed by atoms with van der Waals surface area (Å²) < 4.78 is 26.0. The molecule has 0 atom stereocenters. The van der Waals surface area contributed by atoms with Crippen LogP contribution in [0.25, 0.3) is 0 Å². The summed E-state index contributed by atoms with van der Waals surface area (Å²) in [5.74, 6) is -1.58. The Morgan fingerprint density at radius 2 is 1.95 bits per heavy atom. The van der Waals surface area contributed by atoms with Crippen LogP contribution in [0.1, 0.15) is 12.8 Å². The Morgan fingerprint density at radius 1 is 1.29 bits per heavy atom. The van der Waals surface area contributed by atoms with Crippen molar-refractivity contribution in [2.45, 2.75) is 18.9 Å². The summed E-state index contributed by atoms with van der Waals surface area (Å²) in [6.45, 7) is 2.08. The minimum absolute atomic E-state index is 0.0991. The van der Waals surface area contributed by atoms with Gasteiger partial charge in [-0.05, 0) is 25.0 Å². The summed E-state index contributed by atoms with van der Waals surface area (Å²) in [5.41, 5.74) is 0.594. The van der Waals surface area contributed by atoms with Crippen LogP contribution in [0, 0.1) is 11.6 Å². The van der Waals surface area contributed by atoms with Crippen molar-refractivity contribution in [1.29, 1.82) is 0 Å². The first-order chi connectivity index (χ1) is 9.95. The van der Waals surface area contributed by atoms with Crippen LogP contribution in [-0.2, 0) is 4.79 Å². The molecule has 0 radical (unpaired) electrons. The van der Waals surface area contributed by atoms with Gasteiger partial charge in [0.25, 0.3) is 0 Å². The molecule has 1 aliphatic rings. The van der Waals surface area contributed by atoms with Crippen LogP contribution in [0.3, 0.4) is 0 Å². The van der Waals surface area contributed by atoms with Gasteiger partial charge >= 0.3 is 0 Å². The van der Waals surface area contributed by atoms with Gasteiger partial charge in [-0.25, -0.2) is 8.78 Å². The molecule has 0 saturated carbocycles. The summed E-state index contributed by atoms with van der Waals surface area (Å²) >= 11 is 0. The van der Waals surface area contributed by atoms with Gasteiger partial charge in [-0.15, -0.1) is 0 Å². The SMILES string of the molecule is CN(C)C(=O)CN1CCC(Nc2ccc(F)c(F)c2)CC1. The second-order valence-electron chi connectivity index (χ2n) is 5.61. The second kappa shape index (κ2) is 6.85. The van der Waals surface area contributed by atoms with Crippen molar-refractivity contribution in [1.82, 2.24) is 9.80 Å². The van der Waals surface area contributed by atoms with Crippen LogP contribution in [-0.4, -0.2) is 55.5 Å². The molecule has 116 valence electrons. The van der Waals surface area contributed by atoms with E-state index in [0.29, 0.717) is 12.2 Å². The number of carbonyl (C=O) groups is 1. The molecule has 0 unspecified atom stereocenters. The molecule has 1 aliphatic heterocycles. The number of carbonyl (C=O) groups excluding carboxylic acids is 1. The van der Waals surface area contributed by atoms with E-state index >= 15 is 0 Å². The van der Waals surface area contributed by atoms with Crippen molar-refractivity contribution >= 4 is 11.6 Å². The first-order valence-electron chi connectivity index (χ1n) is 7.10. The quantitative estimate of drug-likeness (QED) is 0.922. The molecule has 0 aromatic heterocycles. The normalized spacial score (nSPS) is 16.8. The molecule has 0 aliphatic carbocycles. The summed E-state index contributed by atoms with van der Waals surface area (Å²) in [5, 5.41) is 3.22. The van der Waals surface area contributed by atoms with Gasteiger partial charge < -0.3 is 10.2 Å². The van der Waals surface area contributed by atoms with Gasteiger partial charge in [-0.1, -0.05) is 0 Å². The Balaban J connectivity index is 1.81. The lowest BCUT2D eigenvalue weighted by Crippen LogP contribution is -2.43. The molecule has 1 N–H and O–H groups in total. The van der Waals surface area contributed by atoms with Gasteiger partial charge in [0, 0.05) is 45.0 Å². The van der Waals surface area contributed by atoms with Crippen LogP contribution < -0.4 is 5.32 Å². The number of likely N-dealkylation sites (tertiary alicyclic amines) is 1. The molecule has 21 heavy (non-hydrogen) atoms. The number of amides is 1. The number of nitrogens with one attached hydrogen (secondary N) is 1. The second-order valence-corrected chi connectivity index (χ2v) is 5.61. The highest BCUT2D eigenvalue weighted by molar-refractivity contribution is 5.77. The number of rotatable bonds is 4. The standard InChI is InChI=1S/C15H21F2N3O/c1-19(2)15(21)10-20-7-5-11(6-8-20)18-12-3-4-13(16)14(17)9-12/h3-4,9,11,18H,5-8,10H2,1-2H3. The van der Waals surface area contributed by atoms with Gasteiger partial charge in [-0.3, -0.25) is 9.69 Å². The number of halogens is 2. The smallest absolute Gasteiger partial charge is 0.236 e. The van der Waals surface area contributed by atoms with Gasteiger partial charge in [0.05, 0.1) is 6.54 Å². The molecule has 1 heterocycles. The highest BCUT2D eigenvalue weighted by Crippen LogP contribution is 2.18. The predicted octanol–water partition coefficient (Wildman–Crippen LogP) is 1.93. The molecule has 1 aromatic rings. The first-order valence-corrected chi connectivity index (χ1v) is 7.10. The van der Waals surface area contributed by atoms with Crippen molar-refractivity contribution < 1.29 is 13.6 Å². The average molecular weight is 297 g/mol. The van der Waals surface area contributed by atoms with Crippen molar-refractivity contribution in [2.24, 2.45) is 0 Å². The maximum Gasteiger partial charge on any atom is 0.236 e. The number of hydrogen-bond acceptors (Lipinski definition) is 3. The Hall–Kier alpha value is -1.69. The number of nitrogens with zero attached hydrogens (tertiary/aromatic N) is 2. The molecule has 6 heteroatoms. The number of benzene rings is 1. The van der Waals surface area contributed by atoms with Crippen LogP contribution >= 0.6 is 0 Å². The summed E-state index contributed by atoms with van der Waals surface area (Å²) in [6, 6.07) is 4.07. The number of piperidine rings is 1. The largest absolute Gasteiger partial charge is 0.382 e. The summed E-state index contributed by atoms with van der Waals surface area (Å²) in [7, 11) is 3.50. The molecule has 1 saturated heterocycles. The first kappa shape index (κ1) is 15.7. The van der Waals surface area contributed by atoms with Gasteiger partial charge in [0.2, 0.25) is 5.91 Å². The molecule has 4 nitrogen and oxygen atoms in total. The number of anilines is 1. The predicted molar refractivity (Wildman–Crippen MR) is 78.1 cm³/mol. The molecule has 1 amide bonds. The van der Waals surface area contributed by atoms with E-state index in [1.807, 2.05) is 0 Å². The lowest BCUT2D eigenvalue weighted by Gasteiger charge is -2.32. The van der Waals surface area contributed by atoms with E-state index in [-0.39, 0.29) is 11.9 Å². The maximum absolute atomic E-state index is 13.1. The minimum Gasteiger partial charge on any atom is -0.382 e. The van der Waals surface area contributed by atoms with E-state index < -0.39 is 11.6 Å². The Labute approximate surface area is 123 Å². The zero-order chi connectivity index (χ0) is 15.4. The summed E-state index contributed by atoms with van der Waals surface area (Å²) in [4.78, 5) is 15.4. The van der Waals surface area contributed by atoms with E-state index in [9.17, 15) is 13.6 Å². The number of hydrogen-bond donors (Lipinski definition) is 1. The van der Waals surface area contributed by atoms with E-state index in [4.69, 9.17) is 0 Å². The third kappa shape index (κ3) is 4.39. The van der Waals surface area contributed by atoms with Crippen molar-refractivity contribution in [3.8, 4) is 0 Å². The highest BCUT2D eigenvalue weighted by Gasteiger charge is 2.21. The Bertz CT molecular complexity index is 500. The third-order valence-corrected chi connectivity index (χ3v) is 3.74. The zero-order valence-corrected chi connectivity index (χ0v) is 12.4. The fraction of sp³-hybridized carbons (Fsp3) is 0.533. The van der Waals surface area contributed by atoms with E-state index in [1.165, 1.54) is 6.07 Å². The monoisotopic (exact) mass is 297 g/mol. The summed E-state index contributed by atoms with van der Waals surface area (Å²) in [6.07, 6.45) is 1.75. The molecule has 2 rings (SSSR count). The van der Waals surface area contributed by atoms with Crippen LogP contribution in [0.4, 0.5) is 14.5 Å². The van der Waals surface area contributed by atoms with Crippen molar-refractivity contribution in [3.05, 3.63) is 29.8 Å². The van der Waals surface area contributed by atoms with Gasteiger partial charge in [-0.2, -0.15) is 0 Å². The number of likely N-dealkylation sites (N-methyl/N-ethyl adjacent to an activating group) is 1.